The van der Waals surface area contributed by atoms with Crippen LogP contribution < -0.4 is 10.5 Å². The van der Waals surface area contributed by atoms with E-state index in [1.807, 2.05) is 0 Å². The highest BCUT2D eigenvalue weighted by Crippen LogP contribution is 2.31. The van der Waals surface area contributed by atoms with Crippen molar-refractivity contribution in [2.24, 2.45) is 0 Å². The monoisotopic (exact) mass is 253 g/mol. The summed E-state index contributed by atoms with van der Waals surface area (Å²) < 4.78 is 52.8. The predicted molar refractivity (Wildman–Crippen MR) is 54.5 cm³/mol. The van der Waals surface area contributed by atoms with Gasteiger partial charge in [0.25, 0.3) is 0 Å². The fourth-order valence-corrected chi connectivity index (χ4v) is 1.81. The average Bonchev–Trinajstić information content (AvgIpc) is 2.19. The zero-order valence-corrected chi connectivity index (χ0v) is 9.19. The Morgan fingerprint density at radius 2 is 2.06 bits per heavy atom. The molecule has 1 unspecified atom stereocenters. The van der Waals surface area contributed by atoms with E-state index in [0.29, 0.717) is 6.61 Å². The lowest BCUT2D eigenvalue weighted by Gasteiger charge is -2.10. The van der Waals surface area contributed by atoms with Crippen LogP contribution >= 0.6 is 0 Å². The quantitative estimate of drug-likeness (QED) is 0.841. The lowest BCUT2D eigenvalue weighted by atomic mass is 10.3. The molecule has 1 aromatic rings. The molecule has 0 amide bonds. The molecule has 0 heterocycles. The third-order valence-electron chi connectivity index (χ3n) is 1.71. The van der Waals surface area contributed by atoms with Gasteiger partial charge in [-0.2, -0.15) is 13.2 Å². The summed E-state index contributed by atoms with van der Waals surface area (Å²) in [5, 5.41) is 0. The van der Waals surface area contributed by atoms with Crippen LogP contribution in [0.25, 0.3) is 0 Å². The molecule has 1 rings (SSSR count). The third-order valence-corrected chi connectivity index (χ3v) is 2.88. The zero-order valence-electron chi connectivity index (χ0n) is 8.38. The van der Waals surface area contributed by atoms with Crippen molar-refractivity contribution < 1.29 is 22.1 Å². The standard InChI is InChI=1S/C9H10F3NO2S/c1-2-15-6-3-4-7(13)8(5-6)16(14)9(10,11)12/h3-5H,2,13H2,1H3. The summed E-state index contributed by atoms with van der Waals surface area (Å²) in [6.07, 6.45) is 0. The molecule has 7 heteroatoms. The molecule has 0 saturated heterocycles. The minimum absolute atomic E-state index is 0.167. The Hall–Kier alpha value is -1.24. The van der Waals surface area contributed by atoms with E-state index in [2.05, 4.69) is 0 Å². The van der Waals surface area contributed by atoms with Crippen LogP contribution in [0.2, 0.25) is 0 Å². The van der Waals surface area contributed by atoms with Crippen molar-refractivity contribution in [1.82, 2.24) is 0 Å². The number of rotatable bonds is 3. The highest BCUT2D eigenvalue weighted by atomic mass is 32.2. The molecule has 0 aliphatic rings. The van der Waals surface area contributed by atoms with Crippen LogP contribution in [0.4, 0.5) is 18.9 Å². The van der Waals surface area contributed by atoms with Crippen molar-refractivity contribution in [3.8, 4) is 5.75 Å². The fourth-order valence-electron chi connectivity index (χ4n) is 1.06. The zero-order chi connectivity index (χ0) is 12.3. The predicted octanol–water partition coefficient (Wildman–Crippen LogP) is 2.29. The molecular weight excluding hydrogens is 243 g/mol. The van der Waals surface area contributed by atoms with Crippen LogP contribution in [0, 0.1) is 0 Å². The first-order chi connectivity index (χ1) is 7.36. The van der Waals surface area contributed by atoms with E-state index in [0.717, 1.165) is 6.07 Å². The van der Waals surface area contributed by atoms with E-state index >= 15 is 0 Å². The molecule has 0 fully saturated rings. The van der Waals surface area contributed by atoms with Gasteiger partial charge in [-0.1, -0.05) is 0 Å². The molecular formula is C9H10F3NO2S. The molecule has 3 nitrogen and oxygen atoms in total. The van der Waals surface area contributed by atoms with Crippen LogP contribution in [-0.4, -0.2) is 16.3 Å². The molecule has 0 bridgehead atoms. The first-order valence-electron chi connectivity index (χ1n) is 4.37. The molecule has 0 aromatic heterocycles. The maximum Gasteiger partial charge on any atom is 0.475 e. The lowest BCUT2D eigenvalue weighted by molar-refractivity contribution is -0.0384. The van der Waals surface area contributed by atoms with Gasteiger partial charge < -0.3 is 10.5 Å². The molecule has 0 spiro atoms. The van der Waals surface area contributed by atoms with E-state index in [1.54, 1.807) is 6.92 Å². The smallest absolute Gasteiger partial charge is 0.475 e. The van der Waals surface area contributed by atoms with Gasteiger partial charge in [0, 0.05) is 5.69 Å². The minimum Gasteiger partial charge on any atom is -0.494 e. The highest BCUT2D eigenvalue weighted by molar-refractivity contribution is 7.86. The van der Waals surface area contributed by atoms with Crippen LogP contribution in [0.1, 0.15) is 6.92 Å². The van der Waals surface area contributed by atoms with Crippen molar-refractivity contribution in [2.45, 2.75) is 17.3 Å². The minimum atomic E-state index is -4.82. The van der Waals surface area contributed by atoms with E-state index in [-0.39, 0.29) is 11.4 Å². The SMILES string of the molecule is CCOc1ccc(N)c(S(=O)C(F)(F)F)c1. The number of nitrogen functional groups attached to an aromatic ring is 1. The summed E-state index contributed by atoms with van der Waals surface area (Å²) in [6.45, 7) is 2.00. The Morgan fingerprint density at radius 1 is 1.44 bits per heavy atom. The third kappa shape index (κ3) is 2.88. The molecule has 0 aliphatic heterocycles. The van der Waals surface area contributed by atoms with Gasteiger partial charge in [-0.3, -0.25) is 0 Å². The Kier molecular flexibility index (Phi) is 3.79. The van der Waals surface area contributed by atoms with Gasteiger partial charge in [-0.05, 0) is 25.1 Å². The maximum atomic E-state index is 12.2. The number of alkyl halides is 3. The van der Waals surface area contributed by atoms with Crippen LogP contribution in [-0.2, 0) is 10.8 Å². The van der Waals surface area contributed by atoms with Crippen LogP contribution in [0.3, 0.4) is 0 Å². The van der Waals surface area contributed by atoms with Crippen molar-refractivity contribution in [2.75, 3.05) is 12.3 Å². The Balaban J connectivity index is 3.12. The largest absolute Gasteiger partial charge is 0.494 e. The highest BCUT2D eigenvalue weighted by Gasteiger charge is 2.39. The number of ether oxygens (including phenoxy) is 1. The molecule has 90 valence electrons. The second-order valence-electron chi connectivity index (χ2n) is 2.85. The summed E-state index contributed by atoms with van der Waals surface area (Å²) in [5.74, 6) is 0.212. The van der Waals surface area contributed by atoms with E-state index in [1.165, 1.54) is 12.1 Å². The number of halogens is 3. The first kappa shape index (κ1) is 12.8. The van der Waals surface area contributed by atoms with Gasteiger partial charge in [-0.25, -0.2) is 4.21 Å². The van der Waals surface area contributed by atoms with Crippen molar-refractivity contribution >= 4 is 16.5 Å². The molecule has 0 saturated carbocycles. The summed E-state index contributed by atoms with van der Waals surface area (Å²) in [7, 11) is -3.13. The molecule has 1 atom stereocenters. The van der Waals surface area contributed by atoms with Crippen LogP contribution in [0.5, 0.6) is 5.75 Å². The number of nitrogens with two attached hydrogens (primary N) is 1. The number of benzene rings is 1. The summed E-state index contributed by atoms with van der Waals surface area (Å²) >= 11 is 0. The van der Waals surface area contributed by atoms with Crippen molar-refractivity contribution in [3.63, 3.8) is 0 Å². The summed E-state index contributed by atoms with van der Waals surface area (Å²) in [4.78, 5) is -0.474. The van der Waals surface area contributed by atoms with Gasteiger partial charge in [0.15, 0.2) is 10.8 Å². The lowest BCUT2D eigenvalue weighted by Crippen LogP contribution is -2.17. The topological polar surface area (TPSA) is 52.3 Å². The number of hydrogen-bond donors (Lipinski definition) is 1. The van der Waals surface area contributed by atoms with E-state index < -0.39 is 21.2 Å². The fraction of sp³-hybridized carbons (Fsp3) is 0.333. The van der Waals surface area contributed by atoms with Crippen LogP contribution in [0.15, 0.2) is 23.1 Å². The molecule has 0 radical (unpaired) electrons. The van der Waals surface area contributed by atoms with Gasteiger partial charge in [-0.15, -0.1) is 0 Å². The summed E-state index contributed by atoms with van der Waals surface area (Å²) in [6, 6.07) is 3.71. The average molecular weight is 253 g/mol. The van der Waals surface area contributed by atoms with Gasteiger partial charge in [0.2, 0.25) is 0 Å². The first-order valence-corrected chi connectivity index (χ1v) is 5.52. The summed E-state index contributed by atoms with van der Waals surface area (Å²) in [5.41, 5.74) is 0.347. The second kappa shape index (κ2) is 4.73. The van der Waals surface area contributed by atoms with Crippen molar-refractivity contribution in [3.05, 3.63) is 18.2 Å². The van der Waals surface area contributed by atoms with E-state index in [9.17, 15) is 17.4 Å². The Morgan fingerprint density at radius 3 is 2.56 bits per heavy atom. The number of anilines is 1. The maximum absolute atomic E-state index is 12.2. The van der Waals surface area contributed by atoms with Gasteiger partial charge in [0.05, 0.1) is 11.5 Å². The van der Waals surface area contributed by atoms with E-state index in [4.69, 9.17) is 10.5 Å². The Labute approximate surface area is 92.9 Å². The normalized spacial score (nSPS) is 13.5. The Bertz CT molecular complexity index is 406. The second-order valence-corrected chi connectivity index (χ2v) is 4.29. The molecule has 2 N–H and O–H groups in total. The molecule has 16 heavy (non-hydrogen) atoms. The molecule has 1 aromatic carbocycles. The van der Waals surface area contributed by atoms with Gasteiger partial charge in [0.1, 0.15) is 5.75 Å². The number of hydrogen-bond acceptors (Lipinski definition) is 3. The van der Waals surface area contributed by atoms with Gasteiger partial charge >= 0.3 is 5.51 Å². The molecule has 0 aliphatic carbocycles. The van der Waals surface area contributed by atoms with Crippen molar-refractivity contribution in [1.29, 1.82) is 0 Å².